The molecular formula is C26H31N3O3. The van der Waals surface area contributed by atoms with Crippen LogP contribution in [0.1, 0.15) is 52.5 Å². The Morgan fingerprint density at radius 1 is 0.688 bits per heavy atom. The van der Waals surface area contributed by atoms with Crippen molar-refractivity contribution in [3.63, 3.8) is 0 Å². The van der Waals surface area contributed by atoms with Gasteiger partial charge in [0.1, 0.15) is 0 Å². The summed E-state index contributed by atoms with van der Waals surface area (Å²) in [5, 5.41) is 0. The van der Waals surface area contributed by atoms with Crippen molar-refractivity contribution in [1.29, 1.82) is 0 Å². The molecule has 0 aromatic heterocycles. The Labute approximate surface area is 189 Å². The fraction of sp³-hybridized carbons (Fsp3) is 0.423. The normalized spacial score (nSPS) is 18.3. The number of likely N-dealkylation sites (tertiary alicyclic amines) is 1. The van der Waals surface area contributed by atoms with Gasteiger partial charge in [-0.1, -0.05) is 48.5 Å². The lowest BCUT2D eigenvalue weighted by atomic mass is 9.97. The average Bonchev–Trinajstić information content (AvgIpc) is 2.88. The fourth-order valence-electron chi connectivity index (χ4n) is 4.63. The van der Waals surface area contributed by atoms with Gasteiger partial charge in [-0.3, -0.25) is 19.3 Å². The molecule has 1 unspecified atom stereocenters. The van der Waals surface area contributed by atoms with E-state index in [1.54, 1.807) is 41.3 Å². The van der Waals surface area contributed by atoms with Gasteiger partial charge < -0.3 is 9.80 Å². The van der Waals surface area contributed by atoms with Gasteiger partial charge in [0.15, 0.2) is 5.78 Å². The first-order chi connectivity index (χ1) is 15.6. The Kier molecular flexibility index (Phi) is 7.00. The maximum absolute atomic E-state index is 13.3. The van der Waals surface area contributed by atoms with E-state index in [9.17, 15) is 14.4 Å². The zero-order valence-corrected chi connectivity index (χ0v) is 18.7. The van der Waals surface area contributed by atoms with Gasteiger partial charge in [-0.2, -0.15) is 0 Å². The number of piperazine rings is 1. The number of ketones is 1. The minimum absolute atomic E-state index is 0.125. The number of carbonyl (C=O) groups is 3. The predicted molar refractivity (Wildman–Crippen MR) is 124 cm³/mol. The minimum atomic E-state index is -0.169. The Hall–Kier alpha value is -2.99. The van der Waals surface area contributed by atoms with Crippen molar-refractivity contribution in [2.45, 2.75) is 32.2 Å². The highest BCUT2D eigenvalue weighted by Gasteiger charge is 2.31. The minimum Gasteiger partial charge on any atom is -0.341 e. The van der Waals surface area contributed by atoms with Crippen LogP contribution in [0.5, 0.6) is 0 Å². The number of piperidine rings is 1. The van der Waals surface area contributed by atoms with E-state index in [1.807, 2.05) is 30.0 Å². The third kappa shape index (κ3) is 4.75. The summed E-state index contributed by atoms with van der Waals surface area (Å²) >= 11 is 0. The topological polar surface area (TPSA) is 60.9 Å². The highest BCUT2D eigenvalue weighted by molar-refractivity contribution is 6.15. The standard InChI is InChI=1S/C26H31N3O3/c1-20(25(31)28-14-8-3-9-15-28)27-16-18-29(19-17-27)26(32)23-13-7-6-12-22(23)24(30)21-10-4-2-5-11-21/h2,4-7,10-13,20H,3,8-9,14-19H2,1H3. The third-order valence-corrected chi connectivity index (χ3v) is 6.61. The van der Waals surface area contributed by atoms with E-state index in [4.69, 9.17) is 0 Å². The molecule has 0 bridgehead atoms. The first-order valence-corrected chi connectivity index (χ1v) is 11.6. The second-order valence-corrected chi connectivity index (χ2v) is 8.63. The number of carbonyl (C=O) groups excluding carboxylic acids is 3. The van der Waals surface area contributed by atoms with Gasteiger partial charge in [0.2, 0.25) is 5.91 Å². The number of hydrogen-bond donors (Lipinski definition) is 0. The third-order valence-electron chi connectivity index (χ3n) is 6.61. The van der Waals surface area contributed by atoms with Crippen molar-refractivity contribution in [1.82, 2.24) is 14.7 Å². The van der Waals surface area contributed by atoms with Gasteiger partial charge >= 0.3 is 0 Å². The first kappa shape index (κ1) is 22.2. The van der Waals surface area contributed by atoms with Crippen LogP contribution in [0.4, 0.5) is 0 Å². The summed E-state index contributed by atoms with van der Waals surface area (Å²) in [6.45, 7) is 6.08. The average molecular weight is 434 g/mol. The molecule has 0 N–H and O–H groups in total. The van der Waals surface area contributed by atoms with E-state index in [1.165, 1.54) is 6.42 Å². The van der Waals surface area contributed by atoms with E-state index in [-0.39, 0.29) is 23.6 Å². The molecule has 0 aliphatic carbocycles. The molecule has 2 aliphatic rings. The van der Waals surface area contributed by atoms with Crippen LogP contribution in [0.15, 0.2) is 54.6 Å². The number of nitrogens with zero attached hydrogens (tertiary/aromatic N) is 3. The molecule has 1 atom stereocenters. The summed E-state index contributed by atoms with van der Waals surface area (Å²) in [7, 11) is 0. The second kappa shape index (κ2) is 10.1. The first-order valence-electron chi connectivity index (χ1n) is 11.6. The SMILES string of the molecule is CC(C(=O)N1CCCCC1)N1CCN(C(=O)c2ccccc2C(=O)c2ccccc2)CC1. The van der Waals surface area contributed by atoms with E-state index in [2.05, 4.69) is 4.90 Å². The molecule has 32 heavy (non-hydrogen) atoms. The number of rotatable bonds is 5. The van der Waals surface area contributed by atoms with Crippen LogP contribution < -0.4 is 0 Å². The van der Waals surface area contributed by atoms with Crippen molar-refractivity contribution in [3.05, 3.63) is 71.3 Å². The van der Waals surface area contributed by atoms with Crippen LogP contribution in [0.25, 0.3) is 0 Å². The maximum atomic E-state index is 13.3. The smallest absolute Gasteiger partial charge is 0.254 e. The zero-order chi connectivity index (χ0) is 22.5. The quantitative estimate of drug-likeness (QED) is 0.680. The largest absolute Gasteiger partial charge is 0.341 e. The Balaban J connectivity index is 1.41. The Morgan fingerprint density at radius 3 is 1.94 bits per heavy atom. The van der Waals surface area contributed by atoms with Gasteiger partial charge in [-0.15, -0.1) is 0 Å². The highest BCUT2D eigenvalue weighted by Crippen LogP contribution is 2.19. The number of hydrogen-bond acceptors (Lipinski definition) is 4. The molecule has 0 spiro atoms. The van der Waals surface area contributed by atoms with E-state index >= 15 is 0 Å². The summed E-state index contributed by atoms with van der Waals surface area (Å²) in [5.74, 6) is -0.0724. The summed E-state index contributed by atoms with van der Waals surface area (Å²) in [5.41, 5.74) is 1.44. The molecule has 4 rings (SSSR count). The van der Waals surface area contributed by atoms with E-state index in [0.717, 1.165) is 25.9 Å². The van der Waals surface area contributed by atoms with Crippen molar-refractivity contribution in [2.24, 2.45) is 0 Å². The molecule has 2 amide bonds. The van der Waals surface area contributed by atoms with Gasteiger partial charge in [0.25, 0.3) is 5.91 Å². The molecule has 0 radical (unpaired) electrons. The van der Waals surface area contributed by atoms with Crippen LogP contribution in [-0.2, 0) is 4.79 Å². The summed E-state index contributed by atoms with van der Waals surface area (Å²) < 4.78 is 0. The molecule has 2 aliphatic heterocycles. The molecule has 2 heterocycles. The molecule has 2 aromatic carbocycles. The van der Waals surface area contributed by atoms with E-state index < -0.39 is 0 Å². The van der Waals surface area contributed by atoms with Crippen LogP contribution in [0.3, 0.4) is 0 Å². The molecule has 6 heteroatoms. The molecular weight excluding hydrogens is 402 g/mol. The van der Waals surface area contributed by atoms with Crippen molar-refractivity contribution in [3.8, 4) is 0 Å². The second-order valence-electron chi connectivity index (χ2n) is 8.63. The van der Waals surface area contributed by atoms with E-state index in [0.29, 0.717) is 42.9 Å². The van der Waals surface area contributed by atoms with Gasteiger partial charge in [-0.25, -0.2) is 0 Å². The van der Waals surface area contributed by atoms with Gasteiger partial charge in [-0.05, 0) is 32.3 Å². The summed E-state index contributed by atoms with van der Waals surface area (Å²) in [6.07, 6.45) is 3.37. The summed E-state index contributed by atoms with van der Waals surface area (Å²) in [6, 6.07) is 15.9. The molecule has 2 aromatic rings. The highest BCUT2D eigenvalue weighted by atomic mass is 16.2. The van der Waals surface area contributed by atoms with Gasteiger partial charge in [0.05, 0.1) is 11.6 Å². The Bertz CT molecular complexity index is 961. The van der Waals surface area contributed by atoms with Crippen molar-refractivity contribution < 1.29 is 14.4 Å². The fourth-order valence-corrected chi connectivity index (χ4v) is 4.63. The summed E-state index contributed by atoms with van der Waals surface area (Å²) in [4.78, 5) is 45.1. The molecule has 168 valence electrons. The lowest BCUT2D eigenvalue weighted by Crippen LogP contribution is -2.56. The number of benzene rings is 2. The van der Waals surface area contributed by atoms with Crippen molar-refractivity contribution in [2.75, 3.05) is 39.3 Å². The molecule has 2 saturated heterocycles. The Morgan fingerprint density at radius 2 is 1.28 bits per heavy atom. The lowest BCUT2D eigenvalue weighted by molar-refractivity contribution is -0.137. The van der Waals surface area contributed by atoms with Crippen LogP contribution >= 0.6 is 0 Å². The molecule has 6 nitrogen and oxygen atoms in total. The molecule has 2 fully saturated rings. The van der Waals surface area contributed by atoms with Crippen LogP contribution in [0, 0.1) is 0 Å². The van der Waals surface area contributed by atoms with Crippen LogP contribution in [0.2, 0.25) is 0 Å². The maximum Gasteiger partial charge on any atom is 0.254 e. The lowest BCUT2D eigenvalue weighted by Gasteiger charge is -2.39. The van der Waals surface area contributed by atoms with Gasteiger partial charge in [0, 0.05) is 50.4 Å². The molecule has 0 saturated carbocycles. The number of amides is 2. The van der Waals surface area contributed by atoms with Crippen molar-refractivity contribution >= 4 is 17.6 Å². The predicted octanol–water partition coefficient (Wildman–Crippen LogP) is 3.08. The monoisotopic (exact) mass is 433 g/mol. The van der Waals surface area contributed by atoms with Crippen LogP contribution in [-0.4, -0.2) is 77.6 Å². The zero-order valence-electron chi connectivity index (χ0n) is 18.7.